The van der Waals surface area contributed by atoms with E-state index < -0.39 is 5.97 Å². The maximum absolute atomic E-state index is 10.1. The normalized spacial score (nSPS) is 14.8. The molecular weight excluding hydrogens is 186 g/mol. The lowest BCUT2D eigenvalue weighted by Gasteiger charge is -1.78. The summed E-state index contributed by atoms with van der Waals surface area (Å²) in [6.07, 6.45) is 2.78. The summed E-state index contributed by atoms with van der Waals surface area (Å²) in [5.74, 6) is -0.855. The van der Waals surface area contributed by atoms with Gasteiger partial charge in [-0.15, -0.1) is 0 Å². The summed E-state index contributed by atoms with van der Waals surface area (Å²) in [6.45, 7) is 2.50. The number of carbonyl (C=O) groups is 1. The van der Waals surface area contributed by atoms with Gasteiger partial charge in [-0.3, -0.25) is 0 Å². The third kappa shape index (κ3) is 4.05. The molecule has 1 fully saturated rings. The van der Waals surface area contributed by atoms with Gasteiger partial charge in [-0.1, -0.05) is 0 Å². The molecule has 3 nitrogen and oxygen atoms in total. The summed E-state index contributed by atoms with van der Waals surface area (Å²) >= 11 is 1.39. The second-order valence-corrected chi connectivity index (χ2v) is 3.55. The highest BCUT2D eigenvalue weighted by molar-refractivity contribution is 7.08. The van der Waals surface area contributed by atoms with Gasteiger partial charge in [-0.05, 0) is 37.4 Å². The van der Waals surface area contributed by atoms with Crippen LogP contribution in [0.5, 0.6) is 0 Å². The van der Waals surface area contributed by atoms with Crippen LogP contribution in [0, 0.1) is 0 Å². The zero-order valence-electron chi connectivity index (χ0n) is 7.32. The van der Waals surface area contributed by atoms with Crippen LogP contribution < -0.4 is 5.32 Å². The van der Waals surface area contributed by atoms with Crippen LogP contribution in [0.25, 0.3) is 0 Å². The zero-order chi connectivity index (χ0) is 9.52. The fourth-order valence-corrected chi connectivity index (χ4v) is 1.64. The van der Waals surface area contributed by atoms with E-state index in [0.29, 0.717) is 5.56 Å². The number of nitrogens with one attached hydrogen (secondary N) is 1. The van der Waals surface area contributed by atoms with Crippen LogP contribution in [0.4, 0.5) is 0 Å². The highest BCUT2D eigenvalue weighted by Gasteiger charge is 1.98. The first-order valence-corrected chi connectivity index (χ1v) is 5.21. The predicted octanol–water partition coefficient (Wildman–Crippen LogP) is 1.82. The topological polar surface area (TPSA) is 49.3 Å². The molecule has 0 amide bonds. The monoisotopic (exact) mass is 199 g/mol. The lowest BCUT2D eigenvalue weighted by Crippen LogP contribution is -2.03. The molecule has 0 atom stereocenters. The van der Waals surface area contributed by atoms with Gasteiger partial charge in [0.1, 0.15) is 0 Å². The summed E-state index contributed by atoms with van der Waals surface area (Å²) in [6, 6.07) is 1.58. The van der Waals surface area contributed by atoms with Crippen molar-refractivity contribution < 1.29 is 9.90 Å². The first kappa shape index (κ1) is 10.2. The molecule has 1 aromatic rings. The van der Waals surface area contributed by atoms with E-state index in [1.165, 1.54) is 37.3 Å². The molecule has 72 valence electrons. The molecule has 0 saturated carbocycles. The van der Waals surface area contributed by atoms with Crippen molar-refractivity contribution in [2.24, 2.45) is 0 Å². The van der Waals surface area contributed by atoms with Gasteiger partial charge in [-0.25, -0.2) is 4.79 Å². The lowest BCUT2D eigenvalue weighted by atomic mass is 10.4. The standard InChI is InChI=1S/C5H4O2S.C4H9N/c6-5(7)4-1-2-8-3-4;1-2-4-5-3-1/h1-3H,(H,6,7);5H,1-4H2. The smallest absolute Gasteiger partial charge is 0.336 e. The summed E-state index contributed by atoms with van der Waals surface area (Å²) in [5, 5.41) is 14.8. The van der Waals surface area contributed by atoms with Crippen molar-refractivity contribution in [1.82, 2.24) is 5.32 Å². The molecule has 1 aromatic heterocycles. The van der Waals surface area contributed by atoms with Gasteiger partial charge in [0.05, 0.1) is 5.56 Å². The number of hydrogen-bond donors (Lipinski definition) is 2. The van der Waals surface area contributed by atoms with Crippen LogP contribution in [-0.4, -0.2) is 24.2 Å². The Morgan fingerprint density at radius 2 is 2.15 bits per heavy atom. The minimum absolute atomic E-state index is 0.370. The lowest BCUT2D eigenvalue weighted by molar-refractivity contribution is 0.0697. The Morgan fingerprint density at radius 3 is 2.38 bits per heavy atom. The Hall–Kier alpha value is -0.870. The highest BCUT2D eigenvalue weighted by Crippen LogP contribution is 2.04. The minimum Gasteiger partial charge on any atom is -0.478 e. The fourth-order valence-electron chi connectivity index (χ4n) is 1.01. The quantitative estimate of drug-likeness (QED) is 0.725. The SMILES string of the molecule is C1CCNC1.O=C(O)c1ccsc1. The first-order valence-electron chi connectivity index (χ1n) is 4.27. The number of hydrogen-bond acceptors (Lipinski definition) is 3. The third-order valence-corrected chi connectivity index (χ3v) is 2.41. The molecule has 2 rings (SSSR count). The van der Waals surface area contributed by atoms with E-state index in [2.05, 4.69) is 5.32 Å². The largest absolute Gasteiger partial charge is 0.478 e. The number of rotatable bonds is 1. The van der Waals surface area contributed by atoms with Crippen LogP contribution in [-0.2, 0) is 0 Å². The van der Waals surface area contributed by atoms with Crippen LogP contribution in [0.1, 0.15) is 23.2 Å². The Balaban J connectivity index is 0.000000145. The van der Waals surface area contributed by atoms with E-state index in [9.17, 15) is 4.79 Å². The van der Waals surface area contributed by atoms with E-state index in [-0.39, 0.29) is 0 Å². The summed E-state index contributed by atoms with van der Waals surface area (Å²) in [7, 11) is 0. The molecule has 1 aliphatic heterocycles. The van der Waals surface area contributed by atoms with Crippen molar-refractivity contribution in [2.75, 3.05) is 13.1 Å². The number of aromatic carboxylic acids is 1. The van der Waals surface area contributed by atoms with Crippen LogP contribution in [0.3, 0.4) is 0 Å². The molecular formula is C9H13NO2S. The van der Waals surface area contributed by atoms with Crippen LogP contribution in [0.2, 0.25) is 0 Å². The Kier molecular flexibility index (Phi) is 4.49. The summed E-state index contributed by atoms with van der Waals surface area (Å²) < 4.78 is 0. The van der Waals surface area contributed by atoms with Crippen LogP contribution in [0.15, 0.2) is 16.8 Å². The molecule has 1 saturated heterocycles. The van der Waals surface area contributed by atoms with Crippen molar-refractivity contribution in [1.29, 1.82) is 0 Å². The molecule has 0 aliphatic carbocycles. The third-order valence-electron chi connectivity index (χ3n) is 1.73. The van der Waals surface area contributed by atoms with Gasteiger partial charge in [0.25, 0.3) is 0 Å². The second-order valence-electron chi connectivity index (χ2n) is 2.77. The van der Waals surface area contributed by atoms with E-state index in [1.54, 1.807) is 16.8 Å². The molecule has 1 aliphatic rings. The van der Waals surface area contributed by atoms with E-state index >= 15 is 0 Å². The minimum atomic E-state index is -0.855. The van der Waals surface area contributed by atoms with E-state index in [0.717, 1.165) is 0 Å². The van der Waals surface area contributed by atoms with Crippen molar-refractivity contribution in [3.63, 3.8) is 0 Å². The molecule has 2 heterocycles. The number of thiophene rings is 1. The molecule has 2 N–H and O–H groups in total. The fraction of sp³-hybridized carbons (Fsp3) is 0.444. The molecule has 0 spiro atoms. The van der Waals surface area contributed by atoms with Crippen molar-refractivity contribution >= 4 is 17.3 Å². The second kappa shape index (κ2) is 5.72. The predicted molar refractivity (Wildman–Crippen MR) is 53.4 cm³/mol. The molecule has 0 radical (unpaired) electrons. The van der Waals surface area contributed by atoms with Gasteiger partial charge in [0, 0.05) is 5.38 Å². The Bertz CT molecular complexity index is 235. The summed E-state index contributed by atoms with van der Waals surface area (Å²) in [4.78, 5) is 10.1. The Labute approximate surface area is 81.4 Å². The first-order chi connectivity index (χ1) is 6.30. The molecule has 0 unspecified atom stereocenters. The van der Waals surface area contributed by atoms with Gasteiger partial charge in [-0.2, -0.15) is 11.3 Å². The molecule has 0 bridgehead atoms. The van der Waals surface area contributed by atoms with E-state index in [4.69, 9.17) is 5.11 Å². The molecule has 0 aromatic carbocycles. The van der Waals surface area contributed by atoms with Crippen molar-refractivity contribution in [3.8, 4) is 0 Å². The number of carboxylic acids is 1. The van der Waals surface area contributed by atoms with E-state index in [1.807, 2.05) is 0 Å². The molecule has 4 heteroatoms. The maximum Gasteiger partial charge on any atom is 0.336 e. The maximum atomic E-state index is 10.1. The van der Waals surface area contributed by atoms with Crippen molar-refractivity contribution in [3.05, 3.63) is 22.4 Å². The highest BCUT2D eigenvalue weighted by atomic mass is 32.1. The van der Waals surface area contributed by atoms with Gasteiger partial charge in [0.15, 0.2) is 0 Å². The van der Waals surface area contributed by atoms with Gasteiger partial charge < -0.3 is 10.4 Å². The van der Waals surface area contributed by atoms with Gasteiger partial charge >= 0.3 is 5.97 Å². The zero-order valence-corrected chi connectivity index (χ0v) is 8.14. The van der Waals surface area contributed by atoms with Crippen molar-refractivity contribution in [2.45, 2.75) is 12.8 Å². The average molecular weight is 199 g/mol. The summed E-state index contributed by atoms with van der Waals surface area (Å²) in [5.41, 5.74) is 0.370. The molecule has 13 heavy (non-hydrogen) atoms. The number of carboxylic acid groups (broad SMARTS) is 1. The van der Waals surface area contributed by atoms with Gasteiger partial charge in [0.2, 0.25) is 0 Å². The average Bonchev–Trinajstić information content (AvgIpc) is 2.82. The van der Waals surface area contributed by atoms with Crippen LogP contribution >= 0.6 is 11.3 Å². The Morgan fingerprint density at radius 1 is 1.46 bits per heavy atom.